The van der Waals surface area contributed by atoms with Crippen molar-refractivity contribution in [2.24, 2.45) is 0 Å². The fraction of sp³-hybridized carbons (Fsp3) is 0.200. The standard InChI is InChI=1S/C20H20N2O4S/c1-4-26-15-6-8-16-18(12-15)27-20(21-16)22-19(23)10-5-13-11-14(24-2)7-9-17(13)25-3/h5-12H,4H2,1-3H3,(H,21,22,23). The first kappa shape index (κ1) is 18.7. The third-order valence-electron chi connectivity index (χ3n) is 3.75. The predicted molar refractivity (Wildman–Crippen MR) is 108 cm³/mol. The molecule has 1 aromatic heterocycles. The number of amides is 1. The topological polar surface area (TPSA) is 69.7 Å². The molecule has 140 valence electrons. The van der Waals surface area contributed by atoms with Gasteiger partial charge in [0, 0.05) is 11.6 Å². The van der Waals surface area contributed by atoms with Gasteiger partial charge in [-0.3, -0.25) is 10.1 Å². The molecule has 0 spiro atoms. The van der Waals surface area contributed by atoms with Crippen LogP contribution in [0.3, 0.4) is 0 Å². The lowest BCUT2D eigenvalue weighted by molar-refractivity contribution is -0.111. The average Bonchev–Trinajstić information content (AvgIpc) is 3.07. The number of anilines is 1. The number of hydrogen-bond acceptors (Lipinski definition) is 6. The Hall–Kier alpha value is -3.06. The highest BCUT2D eigenvalue weighted by molar-refractivity contribution is 7.22. The zero-order valence-corrected chi connectivity index (χ0v) is 16.1. The summed E-state index contributed by atoms with van der Waals surface area (Å²) in [7, 11) is 3.17. The van der Waals surface area contributed by atoms with Crippen molar-refractivity contribution in [3.63, 3.8) is 0 Å². The number of nitrogens with one attached hydrogen (secondary N) is 1. The van der Waals surface area contributed by atoms with Gasteiger partial charge in [0.2, 0.25) is 5.91 Å². The molecule has 7 heteroatoms. The largest absolute Gasteiger partial charge is 0.497 e. The van der Waals surface area contributed by atoms with Crippen molar-refractivity contribution in [1.82, 2.24) is 4.98 Å². The lowest BCUT2D eigenvalue weighted by atomic mass is 10.1. The molecule has 1 N–H and O–H groups in total. The first-order chi connectivity index (χ1) is 13.1. The van der Waals surface area contributed by atoms with Crippen LogP contribution in [0.15, 0.2) is 42.5 Å². The lowest BCUT2D eigenvalue weighted by Crippen LogP contribution is -2.07. The SMILES string of the molecule is CCOc1ccc2nc(NC(=O)C=Cc3cc(OC)ccc3OC)sc2c1. The number of benzene rings is 2. The monoisotopic (exact) mass is 384 g/mol. The zero-order chi connectivity index (χ0) is 19.2. The molecule has 0 unspecified atom stereocenters. The van der Waals surface area contributed by atoms with E-state index in [0.29, 0.717) is 23.2 Å². The molecule has 0 bridgehead atoms. The van der Waals surface area contributed by atoms with Crippen molar-refractivity contribution >= 4 is 38.7 Å². The highest BCUT2D eigenvalue weighted by Gasteiger charge is 2.08. The molecule has 1 amide bonds. The van der Waals surface area contributed by atoms with Gasteiger partial charge >= 0.3 is 0 Å². The molecule has 2 aromatic carbocycles. The maximum absolute atomic E-state index is 12.3. The second-order valence-electron chi connectivity index (χ2n) is 5.51. The summed E-state index contributed by atoms with van der Waals surface area (Å²) >= 11 is 1.40. The molecule has 0 atom stereocenters. The second-order valence-corrected chi connectivity index (χ2v) is 6.54. The minimum atomic E-state index is -0.274. The summed E-state index contributed by atoms with van der Waals surface area (Å²) in [6, 6.07) is 11.1. The van der Waals surface area contributed by atoms with Gasteiger partial charge < -0.3 is 14.2 Å². The molecule has 0 aliphatic carbocycles. The van der Waals surface area contributed by atoms with Gasteiger partial charge in [0.25, 0.3) is 0 Å². The molecule has 0 fully saturated rings. The molecule has 0 saturated heterocycles. The van der Waals surface area contributed by atoms with E-state index in [4.69, 9.17) is 14.2 Å². The molecular weight excluding hydrogens is 364 g/mol. The van der Waals surface area contributed by atoms with Gasteiger partial charge in [0.05, 0.1) is 31.0 Å². The quantitative estimate of drug-likeness (QED) is 0.613. The van der Waals surface area contributed by atoms with E-state index in [2.05, 4.69) is 10.3 Å². The Morgan fingerprint density at radius 1 is 1.15 bits per heavy atom. The molecule has 6 nitrogen and oxygen atoms in total. The van der Waals surface area contributed by atoms with E-state index < -0.39 is 0 Å². The summed E-state index contributed by atoms with van der Waals surface area (Å²) in [5.74, 6) is 1.86. The van der Waals surface area contributed by atoms with E-state index in [1.165, 1.54) is 17.4 Å². The number of thiazole rings is 1. The van der Waals surface area contributed by atoms with E-state index in [-0.39, 0.29) is 5.91 Å². The van der Waals surface area contributed by atoms with Crippen molar-refractivity contribution in [2.45, 2.75) is 6.92 Å². The summed E-state index contributed by atoms with van der Waals surface area (Å²) < 4.78 is 17.0. The highest BCUT2D eigenvalue weighted by Crippen LogP contribution is 2.29. The number of methoxy groups -OCH3 is 2. The maximum Gasteiger partial charge on any atom is 0.250 e. The van der Waals surface area contributed by atoms with Crippen LogP contribution in [0.25, 0.3) is 16.3 Å². The Balaban J connectivity index is 1.74. The van der Waals surface area contributed by atoms with Gasteiger partial charge in [-0.15, -0.1) is 0 Å². The molecule has 0 saturated carbocycles. The van der Waals surface area contributed by atoms with E-state index in [1.54, 1.807) is 38.5 Å². The number of fused-ring (bicyclic) bond motifs is 1. The van der Waals surface area contributed by atoms with Crippen LogP contribution in [0, 0.1) is 0 Å². The molecule has 0 radical (unpaired) electrons. The average molecular weight is 384 g/mol. The normalized spacial score (nSPS) is 10.9. The number of ether oxygens (including phenoxy) is 3. The molecule has 1 heterocycles. The number of nitrogens with zero attached hydrogens (tertiary/aromatic N) is 1. The van der Waals surface area contributed by atoms with Crippen LogP contribution in [-0.4, -0.2) is 31.7 Å². The van der Waals surface area contributed by atoms with Crippen molar-refractivity contribution < 1.29 is 19.0 Å². The van der Waals surface area contributed by atoms with E-state index in [0.717, 1.165) is 21.5 Å². The molecule has 0 aliphatic heterocycles. The Morgan fingerprint density at radius 2 is 1.96 bits per heavy atom. The fourth-order valence-electron chi connectivity index (χ4n) is 2.50. The Labute approximate surface area is 161 Å². The Morgan fingerprint density at radius 3 is 2.70 bits per heavy atom. The summed E-state index contributed by atoms with van der Waals surface area (Å²) in [6.45, 7) is 2.54. The number of aromatic nitrogens is 1. The lowest BCUT2D eigenvalue weighted by Gasteiger charge is -2.07. The number of carbonyl (C=O) groups is 1. The van der Waals surface area contributed by atoms with E-state index >= 15 is 0 Å². The minimum Gasteiger partial charge on any atom is -0.497 e. The molecule has 0 aliphatic rings. The van der Waals surface area contributed by atoms with Crippen molar-refractivity contribution in [2.75, 3.05) is 26.1 Å². The maximum atomic E-state index is 12.3. The van der Waals surface area contributed by atoms with Crippen LogP contribution in [0.5, 0.6) is 17.2 Å². The smallest absolute Gasteiger partial charge is 0.250 e. The third kappa shape index (κ3) is 4.57. The number of carbonyl (C=O) groups excluding carboxylic acids is 1. The first-order valence-electron chi connectivity index (χ1n) is 8.37. The van der Waals surface area contributed by atoms with E-state index in [1.807, 2.05) is 25.1 Å². The van der Waals surface area contributed by atoms with Gasteiger partial charge in [-0.25, -0.2) is 4.98 Å². The van der Waals surface area contributed by atoms with Gasteiger partial charge in [-0.05, 0) is 49.4 Å². The van der Waals surface area contributed by atoms with Crippen LogP contribution >= 0.6 is 11.3 Å². The van der Waals surface area contributed by atoms with Crippen LogP contribution < -0.4 is 19.5 Å². The van der Waals surface area contributed by atoms with Crippen LogP contribution in [0.4, 0.5) is 5.13 Å². The Kier molecular flexibility index (Phi) is 5.93. The van der Waals surface area contributed by atoms with Gasteiger partial charge in [0.1, 0.15) is 17.2 Å². The van der Waals surface area contributed by atoms with E-state index in [9.17, 15) is 4.79 Å². The van der Waals surface area contributed by atoms with Crippen LogP contribution in [-0.2, 0) is 4.79 Å². The van der Waals surface area contributed by atoms with Crippen molar-refractivity contribution in [1.29, 1.82) is 0 Å². The summed E-state index contributed by atoms with van der Waals surface area (Å²) in [6.07, 6.45) is 3.12. The van der Waals surface area contributed by atoms with Crippen molar-refractivity contribution in [3.8, 4) is 17.2 Å². The number of hydrogen-bond donors (Lipinski definition) is 1. The summed E-state index contributed by atoms with van der Waals surface area (Å²) in [4.78, 5) is 16.7. The predicted octanol–water partition coefficient (Wildman–Crippen LogP) is 4.36. The van der Waals surface area contributed by atoms with Crippen LogP contribution in [0.1, 0.15) is 12.5 Å². The molecular formula is C20H20N2O4S. The van der Waals surface area contributed by atoms with Crippen molar-refractivity contribution in [3.05, 3.63) is 48.0 Å². The third-order valence-corrected chi connectivity index (χ3v) is 4.69. The van der Waals surface area contributed by atoms with Crippen LogP contribution in [0.2, 0.25) is 0 Å². The second kappa shape index (κ2) is 8.55. The highest BCUT2D eigenvalue weighted by atomic mass is 32.1. The molecule has 3 rings (SSSR count). The zero-order valence-electron chi connectivity index (χ0n) is 15.3. The summed E-state index contributed by atoms with van der Waals surface area (Å²) in [5.41, 5.74) is 1.56. The molecule has 3 aromatic rings. The van der Waals surface area contributed by atoms with Gasteiger partial charge in [-0.1, -0.05) is 11.3 Å². The van der Waals surface area contributed by atoms with Gasteiger partial charge in [0.15, 0.2) is 5.13 Å². The molecule has 27 heavy (non-hydrogen) atoms. The summed E-state index contributed by atoms with van der Waals surface area (Å²) in [5, 5.41) is 3.32. The minimum absolute atomic E-state index is 0.274. The Bertz CT molecular complexity index is 981. The fourth-order valence-corrected chi connectivity index (χ4v) is 3.39. The number of rotatable bonds is 7. The van der Waals surface area contributed by atoms with Gasteiger partial charge in [-0.2, -0.15) is 0 Å². The first-order valence-corrected chi connectivity index (χ1v) is 9.19.